The first-order valence-electron chi connectivity index (χ1n) is 5.04. The van der Waals surface area contributed by atoms with Gasteiger partial charge in [-0.2, -0.15) is 5.26 Å². The number of hydrogen-bond donors (Lipinski definition) is 1. The number of imidazole rings is 1. The molecule has 2 heterocycles. The summed E-state index contributed by atoms with van der Waals surface area (Å²) in [4.78, 5) is 4.02. The van der Waals surface area contributed by atoms with Crippen LogP contribution in [-0.4, -0.2) is 22.6 Å². The van der Waals surface area contributed by atoms with Crippen molar-refractivity contribution in [3.05, 3.63) is 18.2 Å². The van der Waals surface area contributed by atoms with E-state index in [1.54, 1.807) is 12.5 Å². The molecule has 14 heavy (non-hydrogen) atoms. The monoisotopic (exact) mass is 190 g/mol. The Balaban J connectivity index is 2.16. The SMILES string of the molecule is N#Cc1cncn1C1CCCNCC1. The lowest BCUT2D eigenvalue weighted by atomic mass is 10.1. The van der Waals surface area contributed by atoms with Crippen LogP contribution in [0.15, 0.2) is 12.5 Å². The van der Waals surface area contributed by atoms with Crippen LogP contribution in [0, 0.1) is 11.3 Å². The van der Waals surface area contributed by atoms with Gasteiger partial charge in [0.1, 0.15) is 11.8 Å². The minimum absolute atomic E-state index is 0.446. The van der Waals surface area contributed by atoms with E-state index in [2.05, 4.69) is 16.4 Å². The molecule has 1 N–H and O–H groups in total. The number of hydrogen-bond acceptors (Lipinski definition) is 3. The fourth-order valence-corrected chi connectivity index (χ4v) is 1.96. The molecule has 1 aromatic rings. The Labute approximate surface area is 83.6 Å². The first-order valence-corrected chi connectivity index (χ1v) is 5.04. The number of aromatic nitrogens is 2. The van der Waals surface area contributed by atoms with Crippen LogP contribution < -0.4 is 5.32 Å². The molecule has 0 amide bonds. The Morgan fingerprint density at radius 2 is 2.43 bits per heavy atom. The van der Waals surface area contributed by atoms with Crippen molar-refractivity contribution in [2.24, 2.45) is 0 Å². The zero-order chi connectivity index (χ0) is 9.80. The molecule has 0 aromatic carbocycles. The van der Waals surface area contributed by atoms with Crippen molar-refractivity contribution in [2.75, 3.05) is 13.1 Å². The molecule has 4 nitrogen and oxygen atoms in total. The molecule has 0 bridgehead atoms. The van der Waals surface area contributed by atoms with Gasteiger partial charge in [0.15, 0.2) is 0 Å². The highest BCUT2D eigenvalue weighted by Crippen LogP contribution is 2.20. The Morgan fingerprint density at radius 3 is 3.29 bits per heavy atom. The van der Waals surface area contributed by atoms with Gasteiger partial charge >= 0.3 is 0 Å². The topological polar surface area (TPSA) is 53.6 Å². The van der Waals surface area contributed by atoms with E-state index in [1.165, 1.54) is 6.42 Å². The summed E-state index contributed by atoms with van der Waals surface area (Å²) in [7, 11) is 0. The van der Waals surface area contributed by atoms with Crippen LogP contribution in [0.4, 0.5) is 0 Å². The minimum atomic E-state index is 0.446. The van der Waals surface area contributed by atoms with Crippen molar-refractivity contribution in [1.29, 1.82) is 5.26 Å². The molecular formula is C10H14N4. The van der Waals surface area contributed by atoms with Crippen LogP contribution in [0.3, 0.4) is 0 Å². The van der Waals surface area contributed by atoms with Gasteiger partial charge in [0, 0.05) is 6.04 Å². The zero-order valence-electron chi connectivity index (χ0n) is 8.11. The van der Waals surface area contributed by atoms with Crippen molar-refractivity contribution in [3.8, 4) is 6.07 Å². The first-order chi connectivity index (χ1) is 6.92. The molecule has 0 saturated carbocycles. The quantitative estimate of drug-likeness (QED) is 0.720. The third-order valence-corrected chi connectivity index (χ3v) is 2.72. The molecule has 0 aliphatic carbocycles. The number of nitriles is 1. The van der Waals surface area contributed by atoms with E-state index in [-0.39, 0.29) is 0 Å². The van der Waals surface area contributed by atoms with Crippen LogP contribution >= 0.6 is 0 Å². The Kier molecular flexibility index (Phi) is 2.80. The van der Waals surface area contributed by atoms with Gasteiger partial charge in [0.25, 0.3) is 0 Å². The maximum atomic E-state index is 8.88. The van der Waals surface area contributed by atoms with Crippen molar-refractivity contribution in [2.45, 2.75) is 25.3 Å². The van der Waals surface area contributed by atoms with E-state index in [4.69, 9.17) is 5.26 Å². The van der Waals surface area contributed by atoms with Crippen LogP contribution in [0.2, 0.25) is 0 Å². The van der Waals surface area contributed by atoms with Gasteiger partial charge in [0.2, 0.25) is 0 Å². The molecule has 1 saturated heterocycles. The lowest BCUT2D eigenvalue weighted by molar-refractivity contribution is 0.451. The molecule has 1 fully saturated rings. The molecule has 1 aliphatic heterocycles. The summed E-state index contributed by atoms with van der Waals surface area (Å²) in [5.41, 5.74) is 0.678. The third kappa shape index (κ3) is 1.78. The van der Waals surface area contributed by atoms with E-state index in [9.17, 15) is 0 Å². The van der Waals surface area contributed by atoms with Gasteiger partial charge in [-0.3, -0.25) is 0 Å². The molecular weight excluding hydrogens is 176 g/mol. The van der Waals surface area contributed by atoms with E-state index in [0.29, 0.717) is 11.7 Å². The largest absolute Gasteiger partial charge is 0.319 e. The second-order valence-corrected chi connectivity index (χ2v) is 3.63. The second kappa shape index (κ2) is 4.25. The molecule has 1 atom stereocenters. The van der Waals surface area contributed by atoms with E-state index in [1.807, 2.05) is 4.57 Å². The number of nitrogens with one attached hydrogen (secondary N) is 1. The number of nitrogens with zero attached hydrogens (tertiary/aromatic N) is 3. The van der Waals surface area contributed by atoms with Crippen molar-refractivity contribution in [1.82, 2.24) is 14.9 Å². The maximum Gasteiger partial charge on any atom is 0.140 e. The van der Waals surface area contributed by atoms with Gasteiger partial charge in [-0.1, -0.05) is 0 Å². The molecule has 4 heteroatoms. The molecule has 1 aromatic heterocycles. The zero-order valence-corrected chi connectivity index (χ0v) is 8.11. The molecule has 0 radical (unpaired) electrons. The normalized spacial score (nSPS) is 22.6. The van der Waals surface area contributed by atoms with Crippen LogP contribution in [0.5, 0.6) is 0 Å². The Bertz CT molecular complexity index is 328. The Morgan fingerprint density at radius 1 is 1.50 bits per heavy atom. The summed E-state index contributed by atoms with van der Waals surface area (Å²) in [5, 5.41) is 12.2. The van der Waals surface area contributed by atoms with Crippen molar-refractivity contribution in [3.63, 3.8) is 0 Å². The average Bonchev–Trinajstić information content (AvgIpc) is 2.52. The Hall–Kier alpha value is -1.34. The standard InChI is InChI=1S/C10H14N4/c11-6-10-7-13-8-14(10)9-2-1-4-12-5-3-9/h7-9,12H,1-5H2. The summed E-state index contributed by atoms with van der Waals surface area (Å²) in [6.07, 6.45) is 6.81. The summed E-state index contributed by atoms with van der Waals surface area (Å²) < 4.78 is 2.01. The molecule has 74 valence electrons. The fraction of sp³-hybridized carbons (Fsp3) is 0.600. The molecule has 1 unspecified atom stereocenters. The molecule has 0 spiro atoms. The van der Waals surface area contributed by atoms with Crippen LogP contribution in [-0.2, 0) is 0 Å². The van der Waals surface area contributed by atoms with Gasteiger partial charge in [-0.15, -0.1) is 0 Å². The fourth-order valence-electron chi connectivity index (χ4n) is 1.96. The summed E-state index contributed by atoms with van der Waals surface area (Å²) in [5.74, 6) is 0. The van der Waals surface area contributed by atoms with Gasteiger partial charge in [-0.25, -0.2) is 4.98 Å². The van der Waals surface area contributed by atoms with Crippen LogP contribution in [0.1, 0.15) is 31.0 Å². The highest BCUT2D eigenvalue weighted by atomic mass is 15.1. The predicted octanol–water partition coefficient (Wildman–Crippen LogP) is 1.07. The molecule has 1 aliphatic rings. The highest BCUT2D eigenvalue weighted by Gasteiger charge is 2.15. The van der Waals surface area contributed by atoms with E-state index >= 15 is 0 Å². The maximum absolute atomic E-state index is 8.88. The second-order valence-electron chi connectivity index (χ2n) is 3.63. The summed E-state index contributed by atoms with van der Waals surface area (Å²) >= 11 is 0. The summed E-state index contributed by atoms with van der Waals surface area (Å²) in [6, 6.07) is 2.62. The van der Waals surface area contributed by atoms with Gasteiger partial charge < -0.3 is 9.88 Å². The van der Waals surface area contributed by atoms with Gasteiger partial charge in [0.05, 0.1) is 12.5 Å². The van der Waals surface area contributed by atoms with E-state index in [0.717, 1.165) is 25.9 Å². The third-order valence-electron chi connectivity index (χ3n) is 2.72. The van der Waals surface area contributed by atoms with E-state index < -0.39 is 0 Å². The van der Waals surface area contributed by atoms with Gasteiger partial charge in [-0.05, 0) is 32.4 Å². The lowest BCUT2D eigenvalue weighted by Gasteiger charge is -2.15. The predicted molar refractivity (Wildman–Crippen MR) is 52.7 cm³/mol. The molecule has 2 rings (SSSR count). The van der Waals surface area contributed by atoms with Crippen molar-refractivity contribution < 1.29 is 0 Å². The summed E-state index contributed by atoms with van der Waals surface area (Å²) in [6.45, 7) is 2.13. The van der Waals surface area contributed by atoms with Crippen molar-refractivity contribution >= 4 is 0 Å². The first kappa shape index (κ1) is 9.22. The minimum Gasteiger partial charge on any atom is -0.319 e. The van der Waals surface area contributed by atoms with Crippen LogP contribution in [0.25, 0.3) is 0 Å². The number of rotatable bonds is 1. The smallest absolute Gasteiger partial charge is 0.140 e. The average molecular weight is 190 g/mol. The highest BCUT2D eigenvalue weighted by molar-refractivity contribution is 5.18. The lowest BCUT2D eigenvalue weighted by Crippen LogP contribution is -2.15.